The van der Waals surface area contributed by atoms with Gasteiger partial charge in [0, 0.05) is 18.4 Å². The van der Waals surface area contributed by atoms with Crippen LogP contribution in [0.4, 0.5) is 9.59 Å². The first-order valence-corrected chi connectivity index (χ1v) is 14.3. The Morgan fingerprint density at radius 2 is 1.17 bits per heavy atom. The fraction of sp³-hybridized carbons (Fsp3) is 0.920. The quantitative estimate of drug-likeness (QED) is 0.115. The van der Waals surface area contributed by atoms with Crippen molar-refractivity contribution in [2.24, 2.45) is 29.4 Å². The van der Waals surface area contributed by atoms with Crippen LogP contribution in [-0.2, 0) is 9.47 Å². The van der Waals surface area contributed by atoms with Gasteiger partial charge in [0.05, 0.1) is 0 Å². The number of alkyl halides is 1. The molecule has 0 spiro atoms. The topological polar surface area (TPSA) is 153 Å². The van der Waals surface area contributed by atoms with E-state index in [0.29, 0.717) is 0 Å². The molecule has 0 radical (unpaired) electrons. The standard InChI is InChI=1S/C10H20N2O2.C5H9Br.C5H12N2O2.C5H12N2/c1-10(2,3)14-9(13)12-11-7-8-5-4-6-8;6-4-5-2-1-3-5;1-5(2,3)9-4(8)7-6;6-7-4-5-2-1-3-5/h8,11H,4-7H2,1-3H3,(H,12,13);5H,1-4H2;6H2,1-3H3,(H,7,8);5,7H,1-4,6H2. The van der Waals surface area contributed by atoms with Crippen LogP contribution in [0.3, 0.4) is 0 Å². The van der Waals surface area contributed by atoms with Crippen molar-refractivity contribution < 1.29 is 19.1 Å². The van der Waals surface area contributed by atoms with E-state index in [-0.39, 0.29) is 0 Å². The Morgan fingerprint density at radius 1 is 0.750 bits per heavy atom. The van der Waals surface area contributed by atoms with Gasteiger partial charge in [0.2, 0.25) is 0 Å². The Kier molecular flexibility index (Phi) is 18.4. The average molecular weight is 582 g/mol. The number of carbonyl (C=O) groups excluding carboxylic acids is 2. The number of nitrogens with two attached hydrogens (primary N) is 2. The number of hydrogen-bond acceptors (Lipinski definition) is 8. The second-order valence-corrected chi connectivity index (χ2v) is 12.3. The molecule has 0 aromatic rings. The predicted octanol–water partition coefficient (Wildman–Crippen LogP) is 4.63. The van der Waals surface area contributed by atoms with Crippen LogP contribution in [0.5, 0.6) is 0 Å². The molecule has 10 nitrogen and oxygen atoms in total. The first kappa shape index (κ1) is 34.9. The molecule has 36 heavy (non-hydrogen) atoms. The lowest BCUT2D eigenvalue weighted by Gasteiger charge is -2.26. The number of hydrazine groups is 3. The largest absolute Gasteiger partial charge is 0.443 e. The fourth-order valence-electron chi connectivity index (χ4n) is 3.09. The highest BCUT2D eigenvalue weighted by atomic mass is 79.9. The second-order valence-electron chi connectivity index (χ2n) is 11.6. The van der Waals surface area contributed by atoms with Gasteiger partial charge in [-0.2, -0.15) is 0 Å². The molecular formula is C25H53BrN6O4. The highest BCUT2D eigenvalue weighted by Crippen LogP contribution is 2.27. The minimum absolute atomic E-state index is 0.406. The van der Waals surface area contributed by atoms with Gasteiger partial charge in [-0.1, -0.05) is 35.2 Å². The third-order valence-electron chi connectivity index (χ3n) is 5.80. The van der Waals surface area contributed by atoms with E-state index in [1.165, 1.54) is 63.1 Å². The van der Waals surface area contributed by atoms with Gasteiger partial charge in [-0.3, -0.25) is 22.1 Å². The second kappa shape index (κ2) is 19.0. The van der Waals surface area contributed by atoms with Crippen LogP contribution in [0.2, 0.25) is 0 Å². The molecule has 0 saturated heterocycles. The van der Waals surface area contributed by atoms with Gasteiger partial charge in [-0.05, 0) is 97.8 Å². The summed E-state index contributed by atoms with van der Waals surface area (Å²) in [5.41, 5.74) is 9.05. The van der Waals surface area contributed by atoms with Gasteiger partial charge in [0.15, 0.2) is 0 Å². The van der Waals surface area contributed by atoms with Gasteiger partial charge in [0.25, 0.3) is 0 Å². The van der Waals surface area contributed by atoms with Crippen LogP contribution < -0.4 is 33.4 Å². The van der Waals surface area contributed by atoms with E-state index in [1.54, 1.807) is 20.8 Å². The molecule has 0 aromatic carbocycles. The Bertz CT molecular complexity index is 583. The molecule has 3 fully saturated rings. The third-order valence-corrected chi connectivity index (χ3v) is 6.71. The van der Waals surface area contributed by atoms with E-state index in [4.69, 9.17) is 21.2 Å². The molecule has 0 heterocycles. The Hall–Kier alpha value is -1.14. The monoisotopic (exact) mass is 580 g/mol. The number of rotatable bonds is 6. The number of carbonyl (C=O) groups is 2. The minimum Gasteiger partial charge on any atom is -0.443 e. The van der Waals surface area contributed by atoms with Gasteiger partial charge < -0.3 is 9.47 Å². The van der Waals surface area contributed by atoms with Crippen molar-refractivity contribution >= 4 is 28.1 Å². The molecule has 3 aliphatic rings. The van der Waals surface area contributed by atoms with E-state index in [1.807, 2.05) is 26.2 Å². The molecule has 0 bridgehead atoms. The molecule has 3 rings (SSSR count). The third kappa shape index (κ3) is 21.0. The van der Waals surface area contributed by atoms with Crippen LogP contribution in [-0.4, -0.2) is 41.8 Å². The lowest BCUT2D eigenvalue weighted by molar-refractivity contribution is 0.0488. The number of ether oxygens (including phenoxy) is 2. The highest BCUT2D eigenvalue weighted by Gasteiger charge is 2.19. The van der Waals surface area contributed by atoms with Crippen molar-refractivity contribution in [1.82, 2.24) is 21.7 Å². The van der Waals surface area contributed by atoms with Gasteiger partial charge in [0.1, 0.15) is 11.2 Å². The smallest absolute Gasteiger partial charge is 0.422 e. The molecule has 2 amide bonds. The molecule has 0 unspecified atom stereocenters. The number of amides is 2. The van der Waals surface area contributed by atoms with Crippen LogP contribution >= 0.6 is 15.9 Å². The SMILES string of the molecule is BrCC1CCC1.CC(C)(C)OC(=O)NN.CC(C)(C)OC(=O)NNCC1CCC1.NNCC1CCC1. The number of hydrogen-bond donors (Lipinski definition) is 6. The lowest BCUT2D eigenvalue weighted by atomic mass is 9.86. The summed E-state index contributed by atoms with van der Waals surface area (Å²) in [5.74, 6) is 12.5. The van der Waals surface area contributed by atoms with Crippen LogP contribution in [0, 0.1) is 17.8 Å². The maximum absolute atomic E-state index is 11.2. The summed E-state index contributed by atoms with van der Waals surface area (Å²) < 4.78 is 9.77. The maximum atomic E-state index is 11.2. The van der Waals surface area contributed by atoms with E-state index in [0.717, 1.165) is 30.8 Å². The number of nitrogens with one attached hydrogen (secondary N) is 4. The molecule has 214 valence electrons. The molecule has 3 saturated carbocycles. The summed E-state index contributed by atoms with van der Waals surface area (Å²) in [7, 11) is 0. The first-order valence-electron chi connectivity index (χ1n) is 13.2. The van der Waals surface area contributed by atoms with E-state index < -0.39 is 23.4 Å². The molecule has 3 aliphatic carbocycles. The summed E-state index contributed by atoms with van der Waals surface area (Å²) >= 11 is 3.43. The number of halogens is 1. The Labute approximate surface area is 227 Å². The molecule has 8 N–H and O–H groups in total. The normalized spacial score (nSPS) is 17.6. The summed E-state index contributed by atoms with van der Waals surface area (Å²) in [5, 5.41) is 1.23. The minimum atomic E-state index is -0.609. The molecule has 11 heteroatoms. The Balaban J connectivity index is 0.000000481. The van der Waals surface area contributed by atoms with Gasteiger partial charge in [-0.15, -0.1) is 0 Å². The van der Waals surface area contributed by atoms with E-state index >= 15 is 0 Å². The van der Waals surface area contributed by atoms with Crippen molar-refractivity contribution in [1.29, 1.82) is 0 Å². The lowest BCUT2D eigenvalue weighted by Crippen LogP contribution is -2.44. The van der Waals surface area contributed by atoms with Crippen molar-refractivity contribution in [2.45, 2.75) is 111 Å². The van der Waals surface area contributed by atoms with Crippen LogP contribution in [0.1, 0.15) is 99.3 Å². The van der Waals surface area contributed by atoms with Gasteiger partial charge >= 0.3 is 12.2 Å². The fourth-order valence-corrected chi connectivity index (χ4v) is 3.73. The van der Waals surface area contributed by atoms with Crippen LogP contribution in [0.15, 0.2) is 0 Å². The average Bonchev–Trinajstić information content (AvgIpc) is 2.64. The highest BCUT2D eigenvalue weighted by molar-refractivity contribution is 9.09. The van der Waals surface area contributed by atoms with Crippen molar-refractivity contribution in [2.75, 3.05) is 18.4 Å². The Morgan fingerprint density at radius 3 is 1.39 bits per heavy atom. The summed E-state index contributed by atoms with van der Waals surface area (Å²) in [6.07, 6.45) is 11.4. The molecule has 0 aliphatic heterocycles. The zero-order valence-corrected chi connectivity index (χ0v) is 25.0. The molecular weight excluding hydrogens is 528 g/mol. The van der Waals surface area contributed by atoms with E-state index in [2.05, 4.69) is 32.2 Å². The van der Waals surface area contributed by atoms with E-state index in [9.17, 15) is 9.59 Å². The van der Waals surface area contributed by atoms with Crippen molar-refractivity contribution in [3.63, 3.8) is 0 Å². The summed E-state index contributed by atoms with van der Waals surface area (Å²) in [4.78, 5) is 21.5. The zero-order chi connectivity index (χ0) is 27.6. The summed E-state index contributed by atoms with van der Waals surface area (Å²) in [6.45, 7) is 12.7. The maximum Gasteiger partial charge on any atom is 0.422 e. The summed E-state index contributed by atoms with van der Waals surface area (Å²) in [6, 6.07) is 0. The molecule has 0 aromatic heterocycles. The zero-order valence-electron chi connectivity index (χ0n) is 23.4. The van der Waals surface area contributed by atoms with Gasteiger partial charge in [-0.25, -0.2) is 20.9 Å². The van der Waals surface area contributed by atoms with Crippen LogP contribution in [0.25, 0.3) is 0 Å². The van der Waals surface area contributed by atoms with Crippen molar-refractivity contribution in [3.05, 3.63) is 0 Å². The first-order chi connectivity index (χ1) is 16.8. The predicted molar refractivity (Wildman–Crippen MR) is 149 cm³/mol. The van der Waals surface area contributed by atoms with Crippen molar-refractivity contribution in [3.8, 4) is 0 Å². The molecule has 0 atom stereocenters.